The van der Waals surface area contributed by atoms with Gasteiger partial charge >= 0.3 is 0 Å². The molecule has 0 aliphatic carbocycles. The second-order valence-corrected chi connectivity index (χ2v) is 4.53. The van der Waals surface area contributed by atoms with Gasteiger partial charge in [-0.05, 0) is 42.7 Å². The number of aliphatic hydroxyl groups is 1. The molecule has 0 bridgehead atoms. The molecule has 1 rings (SSSR count). The van der Waals surface area contributed by atoms with Gasteiger partial charge in [0.25, 0.3) is 0 Å². The van der Waals surface area contributed by atoms with Crippen molar-refractivity contribution in [1.82, 2.24) is 0 Å². The largest absolute Gasteiger partial charge is 0.396 e. The highest BCUT2D eigenvalue weighted by Gasteiger charge is 2.30. The summed E-state index contributed by atoms with van der Waals surface area (Å²) in [6.45, 7) is 1.04. The van der Waals surface area contributed by atoms with E-state index in [-0.39, 0.29) is 5.41 Å². The summed E-state index contributed by atoms with van der Waals surface area (Å²) in [7, 11) is 0. The summed E-state index contributed by atoms with van der Waals surface area (Å²) >= 11 is 1.99. The first-order chi connectivity index (χ1) is 5.33. The van der Waals surface area contributed by atoms with Gasteiger partial charge in [-0.2, -0.15) is 11.8 Å². The van der Waals surface area contributed by atoms with E-state index >= 15 is 0 Å². The molecule has 1 fully saturated rings. The lowest BCUT2D eigenvalue weighted by Crippen LogP contribution is -2.32. The van der Waals surface area contributed by atoms with Gasteiger partial charge in [-0.15, -0.1) is 0 Å². The van der Waals surface area contributed by atoms with Crippen molar-refractivity contribution < 1.29 is 5.11 Å². The zero-order valence-electron chi connectivity index (χ0n) is 6.88. The Hall–Kier alpha value is 0.270. The van der Waals surface area contributed by atoms with Crippen molar-refractivity contribution in [1.29, 1.82) is 0 Å². The summed E-state index contributed by atoms with van der Waals surface area (Å²) in [5.41, 5.74) is 5.68. The summed E-state index contributed by atoms with van der Waals surface area (Å²) < 4.78 is 0. The maximum Gasteiger partial charge on any atom is 0.0488 e. The van der Waals surface area contributed by atoms with E-state index in [1.54, 1.807) is 0 Å². The Morgan fingerprint density at radius 2 is 2.00 bits per heavy atom. The lowest BCUT2D eigenvalue weighted by Gasteiger charge is -2.34. The molecule has 0 aromatic heterocycles. The van der Waals surface area contributed by atoms with Crippen molar-refractivity contribution >= 4 is 11.8 Å². The standard InChI is InChI=1S/C8H17NOS/c9-4-1-8(7-10)2-5-11-6-3-8/h10H,1-7,9H2. The number of hydrogen-bond donors (Lipinski definition) is 2. The van der Waals surface area contributed by atoms with Crippen LogP contribution in [0.15, 0.2) is 0 Å². The van der Waals surface area contributed by atoms with Crippen molar-refractivity contribution in [3.05, 3.63) is 0 Å². The molecular formula is C8H17NOS. The van der Waals surface area contributed by atoms with Gasteiger partial charge in [-0.1, -0.05) is 0 Å². The molecule has 1 heterocycles. The minimum Gasteiger partial charge on any atom is -0.396 e. The minimum atomic E-state index is 0.181. The molecule has 0 aromatic carbocycles. The lowest BCUT2D eigenvalue weighted by atomic mass is 9.80. The maximum atomic E-state index is 9.21. The molecule has 0 atom stereocenters. The Balaban J connectivity index is 2.42. The fraction of sp³-hybridized carbons (Fsp3) is 1.00. The zero-order chi connectivity index (χ0) is 8.16. The topological polar surface area (TPSA) is 46.2 Å². The first-order valence-corrected chi connectivity index (χ1v) is 5.37. The third-order valence-corrected chi connectivity index (χ3v) is 3.55. The summed E-state index contributed by atoms with van der Waals surface area (Å²) in [5, 5.41) is 9.21. The molecule has 1 saturated heterocycles. The molecule has 3 heteroatoms. The van der Waals surface area contributed by atoms with Gasteiger partial charge in [0.1, 0.15) is 0 Å². The summed E-state index contributed by atoms with van der Waals surface area (Å²) in [6, 6.07) is 0. The highest BCUT2D eigenvalue weighted by molar-refractivity contribution is 7.99. The Labute approximate surface area is 72.5 Å². The first-order valence-electron chi connectivity index (χ1n) is 4.22. The number of nitrogens with two attached hydrogens (primary N) is 1. The maximum absolute atomic E-state index is 9.21. The highest BCUT2D eigenvalue weighted by Crippen LogP contribution is 2.36. The van der Waals surface area contributed by atoms with E-state index in [1.165, 1.54) is 11.5 Å². The van der Waals surface area contributed by atoms with Crippen LogP contribution < -0.4 is 5.73 Å². The molecule has 0 radical (unpaired) electrons. The monoisotopic (exact) mass is 175 g/mol. The molecule has 0 unspecified atom stereocenters. The number of hydrogen-bond acceptors (Lipinski definition) is 3. The molecule has 1 aliphatic heterocycles. The molecule has 1 aliphatic rings. The quantitative estimate of drug-likeness (QED) is 0.668. The van der Waals surface area contributed by atoms with Crippen LogP contribution in [0.4, 0.5) is 0 Å². The number of thioether (sulfide) groups is 1. The second kappa shape index (κ2) is 4.33. The SMILES string of the molecule is NCCC1(CO)CCSCC1. The van der Waals surface area contributed by atoms with Crippen LogP contribution >= 0.6 is 11.8 Å². The third kappa shape index (κ3) is 2.36. The molecule has 11 heavy (non-hydrogen) atoms. The van der Waals surface area contributed by atoms with Crippen molar-refractivity contribution in [2.45, 2.75) is 19.3 Å². The van der Waals surface area contributed by atoms with Crippen LogP contribution in [-0.2, 0) is 0 Å². The van der Waals surface area contributed by atoms with Gasteiger partial charge in [0.2, 0.25) is 0 Å². The molecule has 3 N–H and O–H groups in total. The average molecular weight is 175 g/mol. The Kier molecular flexibility index (Phi) is 3.69. The van der Waals surface area contributed by atoms with Gasteiger partial charge in [-0.3, -0.25) is 0 Å². The van der Waals surface area contributed by atoms with Crippen LogP contribution in [0.1, 0.15) is 19.3 Å². The average Bonchev–Trinajstić information content (AvgIpc) is 2.07. The van der Waals surface area contributed by atoms with E-state index in [4.69, 9.17) is 5.73 Å². The number of aliphatic hydroxyl groups excluding tert-OH is 1. The molecule has 0 amide bonds. The van der Waals surface area contributed by atoms with Gasteiger partial charge in [0, 0.05) is 6.61 Å². The Bertz CT molecular complexity index is 107. The van der Waals surface area contributed by atoms with Gasteiger partial charge in [0.15, 0.2) is 0 Å². The summed E-state index contributed by atoms with van der Waals surface area (Å²) in [4.78, 5) is 0. The fourth-order valence-electron chi connectivity index (χ4n) is 1.60. The van der Waals surface area contributed by atoms with Crippen molar-refractivity contribution in [2.75, 3.05) is 24.7 Å². The second-order valence-electron chi connectivity index (χ2n) is 3.31. The van der Waals surface area contributed by atoms with E-state index < -0.39 is 0 Å². The smallest absolute Gasteiger partial charge is 0.0488 e. The molecule has 0 spiro atoms. The van der Waals surface area contributed by atoms with Crippen LogP contribution in [0.2, 0.25) is 0 Å². The van der Waals surface area contributed by atoms with Gasteiger partial charge in [0.05, 0.1) is 0 Å². The molecular weight excluding hydrogens is 158 g/mol. The van der Waals surface area contributed by atoms with E-state index in [1.807, 2.05) is 11.8 Å². The van der Waals surface area contributed by atoms with Crippen LogP contribution in [0.25, 0.3) is 0 Å². The molecule has 0 aromatic rings. The summed E-state index contributed by atoms with van der Waals surface area (Å²) in [6.07, 6.45) is 3.28. The summed E-state index contributed by atoms with van der Waals surface area (Å²) in [5.74, 6) is 2.39. The third-order valence-electron chi connectivity index (χ3n) is 2.56. The van der Waals surface area contributed by atoms with Crippen LogP contribution in [0.3, 0.4) is 0 Å². The predicted octanol–water partition coefficient (Wildman–Crippen LogP) is 0.841. The van der Waals surface area contributed by atoms with Crippen LogP contribution in [0, 0.1) is 5.41 Å². The minimum absolute atomic E-state index is 0.181. The lowest BCUT2D eigenvalue weighted by molar-refractivity contribution is 0.107. The van der Waals surface area contributed by atoms with Crippen molar-refractivity contribution in [2.24, 2.45) is 11.1 Å². The van der Waals surface area contributed by atoms with E-state index in [2.05, 4.69) is 0 Å². The molecule has 2 nitrogen and oxygen atoms in total. The van der Waals surface area contributed by atoms with Crippen molar-refractivity contribution in [3.63, 3.8) is 0 Å². The molecule has 0 saturated carbocycles. The van der Waals surface area contributed by atoms with Crippen LogP contribution in [-0.4, -0.2) is 29.8 Å². The highest BCUT2D eigenvalue weighted by atomic mass is 32.2. The Morgan fingerprint density at radius 3 is 2.45 bits per heavy atom. The normalized spacial score (nSPS) is 23.5. The molecule has 66 valence electrons. The van der Waals surface area contributed by atoms with Crippen LogP contribution in [0.5, 0.6) is 0 Å². The van der Waals surface area contributed by atoms with Gasteiger partial charge in [-0.25, -0.2) is 0 Å². The van der Waals surface area contributed by atoms with E-state index in [9.17, 15) is 5.11 Å². The van der Waals surface area contributed by atoms with E-state index in [0.717, 1.165) is 19.3 Å². The van der Waals surface area contributed by atoms with Crippen molar-refractivity contribution in [3.8, 4) is 0 Å². The number of rotatable bonds is 3. The van der Waals surface area contributed by atoms with Gasteiger partial charge < -0.3 is 10.8 Å². The zero-order valence-corrected chi connectivity index (χ0v) is 7.70. The Morgan fingerprint density at radius 1 is 1.36 bits per heavy atom. The fourth-order valence-corrected chi connectivity index (χ4v) is 2.96. The first kappa shape index (κ1) is 9.36. The predicted molar refractivity (Wildman–Crippen MR) is 49.7 cm³/mol. The van der Waals surface area contributed by atoms with E-state index in [0.29, 0.717) is 13.2 Å².